The molecule has 1 amide bonds. The van der Waals surface area contributed by atoms with Crippen molar-refractivity contribution in [2.75, 3.05) is 36.5 Å². The molecule has 2 saturated heterocycles. The smallest absolute Gasteiger partial charge is 0.227 e. The molecule has 142 valence electrons. The van der Waals surface area contributed by atoms with Crippen LogP contribution in [0.15, 0.2) is 24.3 Å². The van der Waals surface area contributed by atoms with Crippen LogP contribution in [0.2, 0.25) is 0 Å². The lowest BCUT2D eigenvalue weighted by Crippen LogP contribution is -2.40. The number of carbonyl (C=O) groups excluding carboxylic acids is 1. The third kappa shape index (κ3) is 6.65. The highest BCUT2D eigenvalue weighted by molar-refractivity contribution is 7.99. The van der Waals surface area contributed by atoms with E-state index in [1.165, 1.54) is 17.1 Å². The number of nitrogens with zero attached hydrogens (tertiary/aromatic N) is 1. The molecule has 0 unspecified atom stereocenters. The van der Waals surface area contributed by atoms with Crippen LogP contribution in [-0.2, 0) is 11.3 Å². The van der Waals surface area contributed by atoms with Gasteiger partial charge in [-0.05, 0) is 37.9 Å². The predicted molar refractivity (Wildman–Crippen MR) is 112 cm³/mol. The summed E-state index contributed by atoms with van der Waals surface area (Å²) in [6, 6.07) is 8.69. The summed E-state index contributed by atoms with van der Waals surface area (Å²) in [5.74, 6) is 2.73. The molecule has 1 aromatic rings. The first-order valence-electron chi connectivity index (χ1n) is 8.64. The third-order valence-electron chi connectivity index (χ3n) is 4.77. The van der Waals surface area contributed by atoms with Crippen molar-refractivity contribution in [2.24, 2.45) is 5.92 Å². The molecule has 7 heteroatoms. The lowest BCUT2D eigenvalue weighted by Gasteiger charge is -2.29. The zero-order valence-electron chi connectivity index (χ0n) is 14.7. The van der Waals surface area contributed by atoms with Crippen LogP contribution in [0, 0.1) is 5.92 Å². The van der Waals surface area contributed by atoms with Crippen molar-refractivity contribution in [3.05, 3.63) is 29.8 Å². The minimum Gasteiger partial charge on any atom is -0.326 e. The molecule has 25 heavy (non-hydrogen) atoms. The molecule has 2 N–H and O–H groups in total. The van der Waals surface area contributed by atoms with Crippen LogP contribution in [-0.4, -0.2) is 48.0 Å². The van der Waals surface area contributed by atoms with Gasteiger partial charge in [0.1, 0.15) is 0 Å². The predicted octanol–water partition coefficient (Wildman–Crippen LogP) is 3.41. The highest BCUT2D eigenvalue weighted by Crippen LogP contribution is 2.23. The van der Waals surface area contributed by atoms with E-state index in [0.717, 1.165) is 44.7 Å². The van der Waals surface area contributed by atoms with Crippen molar-refractivity contribution < 1.29 is 4.79 Å². The molecule has 2 fully saturated rings. The molecular formula is C18H29Cl2N3OS. The van der Waals surface area contributed by atoms with Gasteiger partial charge in [-0.25, -0.2) is 0 Å². The van der Waals surface area contributed by atoms with Crippen molar-refractivity contribution in [2.45, 2.75) is 32.4 Å². The fourth-order valence-electron chi connectivity index (χ4n) is 3.39. The maximum atomic E-state index is 12.6. The highest BCUT2D eigenvalue weighted by Gasteiger charge is 2.25. The molecular weight excluding hydrogens is 377 g/mol. The van der Waals surface area contributed by atoms with Crippen molar-refractivity contribution in [3.63, 3.8) is 0 Å². The van der Waals surface area contributed by atoms with Crippen LogP contribution in [0.25, 0.3) is 0 Å². The maximum Gasteiger partial charge on any atom is 0.227 e. The summed E-state index contributed by atoms with van der Waals surface area (Å²) >= 11 is 2.03. The number of amides is 1. The van der Waals surface area contributed by atoms with E-state index < -0.39 is 0 Å². The minimum atomic E-state index is 0. The molecule has 0 bridgehead atoms. The van der Waals surface area contributed by atoms with Gasteiger partial charge >= 0.3 is 0 Å². The van der Waals surface area contributed by atoms with Gasteiger partial charge < -0.3 is 10.6 Å². The van der Waals surface area contributed by atoms with Gasteiger partial charge in [0.25, 0.3) is 0 Å². The molecule has 0 aromatic heterocycles. The third-order valence-corrected chi connectivity index (χ3v) is 5.71. The summed E-state index contributed by atoms with van der Waals surface area (Å²) < 4.78 is 0. The molecule has 0 aliphatic carbocycles. The van der Waals surface area contributed by atoms with Gasteiger partial charge in [-0.15, -0.1) is 24.8 Å². The lowest BCUT2D eigenvalue weighted by molar-refractivity contribution is -0.120. The zero-order valence-corrected chi connectivity index (χ0v) is 17.2. The Kier molecular flexibility index (Phi) is 10.2. The summed E-state index contributed by atoms with van der Waals surface area (Å²) in [5, 5.41) is 6.60. The summed E-state index contributed by atoms with van der Waals surface area (Å²) in [7, 11) is 0. The van der Waals surface area contributed by atoms with E-state index in [-0.39, 0.29) is 36.6 Å². The van der Waals surface area contributed by atoms with Crippen LogP contribution < -0.4 is 10.6 Å². The van der Waals surface area contributed by atoms with E-state index in [0.29, 0.717) is 6.04 Å². The number of carbonyl (C=O) groups is 1. The number of benzene rings is 1. The zero-order chi connectivity index (χ0) is 16.1. The molecule has 2 aliphatic heterocycles. The van der Waals surface area contributed by atoms with E-state index in [9.17, 15) is 4.79 Å². The monoisotopic (exact) mass is 405 g/mol. The molecule has 2 atom stereocenters. The average molecular weight is 406 g/mol. The molecule has 0 radical (unpaired) electrons. The highest BCUT2D eigenvalue weighted by atomic mass is 35.5. The number of thioether (sulfide) groups is 1. The Balaban J connectivity index is 0.00000156. The fourth-order valence-corrected chi connectivity index (χ4v) is 4.36. The molecule has 0 spiro atoms. The number of piperidine rings is 1. The van der Waals surface area contributed by atoms with Crippen molar-refractivity contribution in [1.82, 2.24) is 10.2 Å². The first-order chi connectivity index (χ1) is 11.2. The summed E-state index contributed by atoms with van der Waals surface area (Å²) in [6.45, 7) is 6.30. The molecule has 0 saturated carbocycles. The number of rotatable bonds is 4. The number of anilines is 1. The number of nitrogens with one attached hydrogen (secondary N) is 2. The van der Waals surface area contributed by atoms with Gasteiger partial charge in [0.15, 0.2) is 0 Å². The van der Waals surface area contributed by atoms with Crippen molar-refractivity contribution in [1.29, 1.82) is 0 Å². The van der Waals surface area contributed by atoms with E-state index >= 15 is 0 Å². The van der Waals surface area contributed by atoms with Gasteiger partial charge in [0.2, 0.25) is 5.91 Å². The quantitative estimate of drug-likeness (QED) is 0.805. The van der Waals surface area contributed by atoms with Gasteiger partial charge in [-0.1, -0.05) is 18.2 Å². The Hall–Kier alpha value is -0.460. The first kappa shape index (κ1) is 22.6. The topological polar surface area (TPSA) is 44.4 Å². The van der Waals surface area contributed by atoms with Gasteiger partial charge in [-0.3, -0.25) is 9.69 Å². The standard InChI is InChI=1S/C18H27N3OS.2ClH/c1-14-12-15(6-7-19-14)18(22)20-17-5-3-2-4-16(17)13-21-8-10-23-11-9-21;;/h2-5,14-15,19H,6-13H2,1H3,(H,20,22);2*1H/t14-,15-;;/m0../s1. The van der Waals surface area contributed by atoms with E-state index in [1.807, 2.05) is 23.9 Å². The van der Waals surface area contributed by atoms with Gasteiger partial charge in [0, 0.05) is 48.8 Å². The van der Waals surface area contributed by atoms with E-state index in [4.69, 9.17) is 0 Å². The summed E-state index contributed by atoms with van der Waals surface area (Å²) in [5.41, 5.74) is 2.22. The van der Waals surface area contributed by atoms with Crippen LogP contribution in [0.3, 0.4) is 0 Å². The van der Waals surface area contributed by atoms with Crippen molar-refractivity contribution >= 4 is 48.2 Å². The second-order valence-corrected chi connectivity index (χ2v) is 7.84. The van der Waals surface area contributed by atoms with Crippen LogP contribution in [0.4, 0.5) is 5.69 Å². The Bertz CT molecular complexity index is 541. The second kappa shape index (κ2) is 11.3. The number of hydrogen-bond acceptors (Lipinski definition) is 4. The summed E-state index contributed by atoms with van der Waals surface area (Å²) in [6.07, 6.45) is 1.86. The SMILES string of the molecule is C[C@H]1C[C@@H](C(=O)Nc2ccccc2CN2CCSCC2)CCN1.Cl.Cl. The number of halogens is 2. The number of para-hydroxylation sites is 1. The molecule has 4 nitrogen and oxygen atoms in total. The first-order valence-corrected chi connectivity index (χ1v) is 9.80. The largest absolute Gasteiger partial charge is 0.326 e. The van der Waals surface area contributed by atoms with Crippen LogP contribution >= 0.6 is 36.6 Å². The molecule has 2 heterocycles. The van der Waals surface area contributed by atoms with Crippen LogP contribution in [0.1, 0.15) is 25.3 Å². The molecule has 2 aliphatic rings. The Morgan fingerprint density at radius 1 is 1.28 bits per heavy atom. The minimum absolute atomic E-state index is 0. The Morgan fingerprint density at radius 2 is 2.00 bits per heavy atom. The maximum absolute atomic E-state index is 12.6. The van der Waals surface area contributed by atoms with Crippen LogP contribution in [0.5, 0.6) is 0 Å². The summed E-state index contributed by atoms with van der Waals surface area (Å²) in [4.78, 5) is 15.1. The fraction of sp³-hybridized carbons (Fsp3) is 0.611. The second-order valence-electron chi connectivity index (χ2n) is 6.61. The van der Waals surface area contributed by atoms with E-state index in [2.05, 4.69) is 34.6 Å². The lowest BCUT2D eigenvalue weighted by atomic mass is 9.92. The molecule has 3 rings (SSSR count). The Labute approximate surface area is 167 Å². The average Bonchev–Trinajstić information content (AvgIpc) is 2.57. The molecule has 1 aromatic carbocycles. The Morgan fingerprint density at radius 3 is 2.72 bits per heavy atom. The normalized spacial score (nSPS) is 23.9. The van der Waals surface area contributed by atoms with Gasteiger partial charge in [-0.2, -0.15) is 11.8 Å². The van der Waals surface area contributed by atoms with Gasteiger partial charge in [0.05, 0.1) is 0 Å². The van der Waals surface area contributed by atoms with E-state index in [1.54, 1.807) is 0 Å². The van der Waals surface area contributed by atoms with Crippen molar-refractivity contribution in [3.8, 4) is 0 Å². The number of hydrogen-bond donors (Lipinski definition) is 2.